The lowest BCUT2D eigenvalue weighted by molar-refractivity contribution is 0.268. The summed E-state index contributed by atoms with van der Waals surface area (Å²) in [7, 11) is 0. The van der Waals surface area contributed by atoms with Gasteiger partial charge in [-0.1, -0.05) is 6.07 Å². The maximum atomic E-state index is 5.96. The molecule has 0 spiro atoms. The highest BCUT2D eigenvalue weighted by Gasteiger charge is 2.19. The van der Waals surface area contributed by atoms with Gasteiger partial charge in [0.05, 0.1) is 6.61 Å². The van der Waals surface area contributed by atoms with E-state index >= 15 is 0 Å². The van der Waals surface area contributed by atoms with Crippen molar-refractivity contribution >= 4 is 35.0 Å². The lowest BCUT2D eigenvalue weighted by Gasteiger charge is -2.23. The van der Waals surface area contributed by atoms with Crippen molar-refractivity contribution in [3.63, 3.8) is 0 Å². The number of ether oxygens (including phenoxy) is 1. The first kappa shape index (κ1) is 11.1. The Kier molecular flexibility index (Phi) is 3.82. The van der Waals surface area contributed by atoms with Crippen molar-refractivity contribution < 1.29 is 4.74 Å². The van der Waals surface area contributed by atoms with Gasteiger partial charge in [-0.2, -0.15) is 0 Å². The number of rotatable bonds is 0. The predicted molar refractivity (Wildman–Crippen MR) is 63.4 cm³/mol. The zero-order valence-electron chi connectivity index (χ0n) is 7.00. The fourth-order valence-electron chi connectivity index (χ4n) is 1.44. The summed E-state index contributed by atoms with van der Waals surface area (Å²) in [6, 6.07) is 6.20. The Bertz CT molecular complexity index is 306. The van der Waals surface area contributed by atoms with Crippen LogP contribution in [0, 0.1) is 3.57 Å². The second-order valence-corrected chi connectivity index (χ2v) is 4.06. The van der Waals surface area contributed by atoms with Crippen LogP contribution in [0.2, 0.25) is 0 Å². The second kappa shape index (κ2) is 4.48. The first-order valence-electron chi connectivity index (χ1n) is 3.96. The third-order valence-electron chi connectivity index (χ3n) is 2.07. The first-order chi connectivity index (χ1) is 5.79. The van der Waals surface area contributed by atoms with E-state index in [1.807, 2.05) is 12.1 Å². The van der Waals surface area contributed by atoms with Gasteiger partial charge in [0.2, 0.25) is 0 Å². The number of halogens is 2. The molecule has 72 valence electrons. The number of benzene rings is 1. The monoisotopic (exact) mass is 311 g/mol. The van der Waals surface area contributed by atoms with Gasteiger partial charge in [0.25, 0.3) is 0 Å². The van der Waals surface area contributed by atoms with E-state index in [0.717, 1.165) is 18.8 Å². The van der Waals surface area contributed by atoms with Gasteiger partial charge < -0.3 is 10.5 Å². The largest absolute Gasteiger partial charge is 0.493 e. The molecule has 0 amide bonds. The summed E-state index contributed by atoms with van der Waals surface area (Å²) in [5.41, 5.74) is 7.13. The Hall–Kier alpha value is -0.000000000000000111. The quantitative estimate of drug-likeness (QED) is 0.747. The van der Waals surface area contributed by atoms with Gasteiger partial charge >= 0.3 is 0 Å². The van der Waals surface area contributed by atoms with E-state index in [-0.39, 0.29) is 18.4 Å². The molecule has 1 atom stereocenters. The van der Waals surface area contributed by atoms with E-state index in [0.29, 0.717) is 0 Å². The van der Waals surface area contributed by atoms with Crippen LogP contribution in [0.3, 0.4) is 0 Å². The molecule has 2 N–H and O–H groups in total. The normalized spacial score (nSPS) is 19.7. The zero-order valence-corrected chi connectivity index (χ0v) is 9.97. The summed E-state index contributed by atoms with van der Waals surface area (Å²) in [6.45, 7) is 0.744. The minimum atomic E-state index is 0. The zero-order chi connectivity index (χ0) is 8.55. The number of hydrogen-bond donors (Lipinski definition) is 1. The Morgan fingerprint density at radius 3 is 2.92 bits per heavy atom. The molecule has 0 aromatic heterocycles. The summed E-state index contributed by atoms with van der Waals surface area (Å²) >= 11 is 2.30. The summed E-state index contributed by atoms with van der Waals surface area (Å²) in [6.07, 6.45) is 0.924. The average Bonchev–Trinajstić information content (AvgIpc) is 2.04. The molecule has 1 aliphatic rings. The van der Waals surface area contributed by atoms with Crippen LogP contribution >= 0.6 is 35.0 Å². The maximum absolute atomic E-state index is 5.96. The Labute approximate surface area is 97.4 Å². The molecule has 0 fully saturated rings. The number of fused-ring (bicyclic) bond motifs is 1. The topological polar surface area (TPSA) is 35.2 Å². The molecule has 0 saturated heterocycles. The molecule has 2 nitrogen and oxygen atoms in total. The van der Waals surface area contributed by atoms with Crippen molar-refractivity contribution in [3.8, 4) is 5.75 Å². The molecule has 0 bridgehead atoms. The minimum Gasteiger partial charge on any atom is -0.493 e. The standard InChI is InChI=1S/C9H10INO.ClH/c10-6-2-1-3-8-9(6)7(11)4-5-12-8;/h1-3,7H,4-5,11H2;1H/t7-;/m0./s1. The SMILES string of the molecule is Cl.N[C@H]1CCOc2cccc(I)c21. The Morgan fingerprint density at radius 1 is 1.46 bits per heavy atom. The lowest BCUT2D eigenvalue weighted by atomic mass is 10.0. The van der Waals surface area contributed by atoms with Crippen molar-refractivity contribution in [1.82, 2.24) is 0 Å². The molecule has 0 saturated carbocycles. The van der Waals surface area contributed by atoms with Gasteiger partial charge in [0.15, 0.2) is 0 Å². The van der Waals surface area contributed by atoms with E-state index in [1.54, 1.807) is 0 Å². The first-order valence-corrected chi connectivity index (χ1v) is 5.03. The van der Waals surface area contributed by atoms with Crippen molar-refractivity contribution in [3.05, 3.63) is 27.3 Å². The highest BCUT2D eigenvalue weighted by molar-refractivity contribution is 14.1. The molecule has 1 aromatic rings. The molecular weight excluding hydrogens is 300 g/mol. The van der Waals surface area contributed by atoms with Gasteiger partial charge in [-0.15, -0.1) is 12.4 Å². The molecule has 0 aliphatic carbocycles. The van der Waals surface area contributed by atoms with Crippen LogP contribution in [-0.2, 0) is 0 Å². The number of hydrogen-bond acceptors (Lipinski definition) is 2. The van der Waals surface area contributed by atoms with Crippen LogP contribution in [0.25, 0.3) is 0 Å². The van der Waals surface area contributed by atoms with Crippen molar-refractivity contribution in [2.24, 2.45) is 5.73 Å². The van der Waals surface area contributed by atoms with E-state index in [2.05, 4.69) is 28.7 Å². The Balaban J connectivity index is 0.000000845. The van der Waals surface area contributed by atoms with Crippen LogP contribution in [0.4, 0.5) is 0 Å². The Morgan fingerprint density at radius 2 is 2.23 bits per heavy atom. The molecule has 1 aliphatic heterocycles. The third kappa shape index (κ3) is 2.08. The van der Waals surface area contributed by atoms with Crippen molar-refractivity contribution in [2.75, 3.05) is 6.61 Å². The van der Waals surface area contributed by atoms with Crippen LogP contribution in [0.5, 0.6) is 5.75 Å². The fraction of sp³-hybridized carbons (Fsp3) is 0.333. The highest BCUT2D eigenvalue weighted by Crippen LogP contribution is 2.33. The van der Waals surface area contributed by atoms with E-state index in [4.69, 9.17) is 10.5 Å². The molecule has 1 heterocycles. The summed E-state index contributed by atoms with van der Waals surface area (Å²) < 4.78 is 6.70. The third-order valence-corrected chi connectivity index (χ3v) is 3.01. The van der Waals surface area contributed by atoms with E-state index < -0.39 is 0 Å². The van der Waals surface area contributed by atoms with Gasteiger partial charge in [-0.25, -0.2) is 0 Å². The lowest BCUT2D eigenvalue weighted by Crippen LogP contribution is -2.21. The molecule has 2 rings (SSSR count). The van der Waals surface area contributed by atoms with Gasteiger partial charge in [-0.05, 0) is 34.7 Å². The fourth-order valence-corrected chi connectivity index (χ4v) is 2.32. The molecule has 13 heavy (non-hydrogen) atoms. The smallest absolute Gasteiger partial charge is 0.125 e. The van der Waals surface area contributed by atoms with Gasteiger partial charge in [-0.3, -0.25) is 0 Å². The second-order valence-electron chi connectivity index (χ2n) is 2.90. The minimum absolute atomic E-state index is 0. The van der Waals surface area contributed by atoms with Crippen molar-refractivity contribution in [2.45, 2.75) is 12.5 Å². The highest BCUT2D eigenvalue weighted by atomic mass is 127. The van der Waals surface area contributed by atoms with E-state index in [1.165, 1.54) is 9.13 Å². The summed E-state index contributed by atoms with van der Waals surface area (Å²) in [4.78, 5) is 0. The summed E-state index contributed by atoms with van der Waals surface area (Å²) in [5, 5.41) is 0. The summed E-state index contributed by atoms with van der Waals surface area (Å²) in [5.74, 6) is 0.959. The van der Waals surface area contributed by atoms with Crippen LogP contribution in [-0.4, -0.2) is 6.61 Å². The molecule has 0 unspecified atom stereocenters. The predicted octanol–water partition coefficient (Wildman–Crippen LogP) is 2.50. The van der Waals surface area contributed by atoms with E-state index in [9.17, 15) is 0 Å². The van der Waals surface area contributed by atoms with Crippen LogP contribution < -0.4 is 10.5 Å². The molecule has 1 aromatic carbocycles. The molecule has 4 heteroatoms. The van der Waals surface area contributed by atoms with Gasteiger partial charge in [0.1, 0.15) is 5.75 Å². The molecular formula is C9H11ClINO. The van der Waals surface area contributed by atoms with Gasteiger partial charge in [0, 0.05) is 21.6 Å². The number of nitrogens with two attached hydrogens (primary N) is 1. The van der Waals surface area contributed by atoms with Crippen LogP contribution in [0.15, 0.2) is 18.2 Å². The van der Waals surface area contributed by atoms with Crippen LogP contribution in [0.1, 0.15) is 18.0 Å². The van der Waals surface area contributed by atoms with Crippen molar-refractivity contribution in [1.29, 1.82) is 0 Å². The average molecular weight is 312 g/mol. The molecule has 0 radical (unpaired) electrons. The maximum Gasteiger partial charge on any atom is 0.125 e.